The van der Waals surface area contributed by atoms with Crippen LogP contribution in [0.1, 0.15) is 49.1 Å². The molecular formula is C17H22ClNS. The quantitative estimate of drug-likeness (QED) is 0.781. The van der Waals surface area contributed by atoms with Crippen molar-refractivity contribution in [1.29, 1.82) is 0 Å². The second-order valence-electron chi connectivity index (χ2n) is 6.17. The molecule has 1 aromatic carbocycles. The summed E-state index contributed by atoms with van der Waals surface area (Å²) in [5, 5.41) is 4.35. The molecule has 0 fully saturated rings. The molecule has 0 amide bonds. The Morgan fingerprint density at radius 2 is 1.75 bits per heavy atom. The third kappa shape index (κ3) is 4.08. The Morgan fingerprint density at radius 1 is 1.10 bits per heavy atom. The van der Waals surface area contributed by atoms with Gasteiger partial charge in [0.1, 0.15) is 0 Å². The van der Waals surface area contributed by atoms with E-state index < -0.39 is 0 Å². The average molecular weight is 308 g/mol. The van der Waals surface area contributed by atoms with E-state index in [1.54, 1.807) is 0 Å². The fourth-order valence-corrected chi connectivity index (χ4v) is 3.14. The van der Waals surface area contributed by atoms with Crippen molar-refractivity contribution in [2.24, 2.45) is 0 Å². The molecule has 0 radical (unpaired) electrons. The summed E-state index contributed by atoms with van der Waals surface area (Å²) in [6, 6.07) is 12.8. The van der Waals surface area contributed by atoms with Crippen molar-refractivity contribution < 1.29 is 0 Å². The van der Waals surface area contributed by atoms with Gasteiger partial charge in [-0.1, -0.05) is 44.5 Å². The van der Waals surface area contributed by atoms with Crippen LogP contribution in [-0.2, 0) is 12.0 Å². The first-order chi connectivity index (χ1) is 9.36. The highest BCUT2D eigenvalue weighted by Crippen LogP contribution is 2.29. The van der Waals surface area contributed by atoms with Crippen LogP contribution in [0.5, 0.6) is 0 Å². The van der Waals surface area contributed by atoms with Crippen LogP contribution in [-0.4, -0.2) is 0 Å². The molecule has 2 rings (SSSR count). The molecule has 0 aliphatic heterocycles. The zero-order valence-electron chi connectivity index (χ0n) is 12.5. The lowest BCUT2D eigenvalue weighted by Gasteiger charge is -2.16. The van der Waals surface area contributed by atoms with Crippen LogP contribution in [0, 0.1) is 0 Å². The van der Waals surface area contributed by atoms with Gasteiger partial charge < -0.3 is 5.32 Å². The normalized spacial score (nSPS) is 13.4. The van der Waals surface area contributed by atoms with Gasteiger partial charge in [0.25, 0.3) is 0 Å². The predicted molar refractivity (Wildman–Crippen MR) is 89.7 cm³/mol. The molecule has 1 heterocycles. The number of hydrogen-bond donors (Lipinski definition) is 1. The Hall–Kier alpha value is -0.830. The van der Waals surface area contributed by atoms with Crippen LogP contribution < -0.4 is 5.32 Å². The lowest BCUT2D eigenvalue weighted by molar-refractivity contribution is 0.579. The van der Waals surface area contributed by atoms with E-state index in [1.807, 2.05) is 23.5 Å². The Balaban J connectivity index is 1.95. The van der Waals surface area contributed by atoms with E-state index in [0.29, 0.717) is 6.04 Å². The summed E-state index contributed by atoms with van der Waals surface area (Å²) in [5.74, 6) is 0. The van der Waals surface area contributed by atoms with Crippen molar-refractivity contribution in [3.63, 3.8) is 0 Å². The fraction of sp³-hybridized carbons (Fsp3) is 0.412. The maximum atomic E-state index is 5.92. The standard InChI is InChI=1S/C17H22ClNS/c1-12(13-5-7-14(18)8-6-13)19-11-15-9-10-16(20-15)17(2,3)4/h5-10,12,19H,11H2,1-4H3/t12-/m0/s1. The smallest absolute Gasteiger partial charge is 0.0406 e. The largest absolute Gasteiger partial charge is 0.305 e. The van der Waals surface area contributed by atoms with Crippen molar-refractivity contribution >= 4 is 22.9 Å². The first-order valence-corrected chi connectivity index (χ1v) is 8.14. The van der Waals surface area contributed by atoms with E-state index >= 15 is 0 Å². The minimum atomic E-state index is 0.241. The van der Waals surface area contributed by atoms with E-state index in [4.69, 9.17) is 11.6 Å². The van der Waals surface area contributed by atoms with Crippen LogP contribution in [0.4, 0.5) is 0 Å². The number of hydrogen-bond acceptors (Lipinski definition) is 2. The number of thiophene rings is 1. The summed E-state index contributed by atoms with van der Waals surface area (Å²) in [6.07, 6.45) is 0. The van der Waals surface area contributed by atoms with Gasteiger partial charge in [0.2, 0.25) is 0 Å². The van der Waals surface area contributed by atoms with Crippen LogP contribution >= 0.6 is 22.9 Å². The second kappa shape index (κ2) is 6.30. The van der Waals surface area contributed by atoms with Gasteiger partial charge in [0.05, 0.1) is 0 Å². The molecule has 1 atom stereocenters. The Morgan fingerprint density at radius 3 is 2.30 bits per heavy atom. The molecule has 0 aliphatic rings. The maximum absolute atomic E-state index is 5.92. The summed E-state index contributed by atoms with van der Waals surface area (Å²) < 4.78 is 0. The zero-order valence-corrected chi connectivity index (χ0v) is 14.1. The molecule has 0 saturated carbocycles. The van der Waals surface area contributed by atoms with Gasteiger partial charge in [-0.15, -0.1) is 11.3 Å². The molecule has 0 aliphatic carbocycles. The monoisotopic (exact) mass is 307 g/mol. The number of benzene rings is 1. The lowest BCUT2D eigenvalue weighted by Crippen LogP contribution is -2.17. The molecule has 0 spiro atoms. The van der Waals surface area contributed by atoms with Gasteiger partial charge in [-0.3, -0.25) is 0 Å². The molecule has 3 heteroatoms. The Labute approximate surface area is 131 Å². The summed E-state index contributed by atoms with van der Waals surface area (Å²) >= 11 is 7.81. The molecule has 1 aromatic heterocycles. The van der Waals surface area contributed by atoms with Crippen LogP contribution in [0.3, 0.4) is 0 Å². The summed E-state index contributed by atoms with van der Waals surface area (Å²) in [6.45, 7) is 9.86. The van der Waals surface area contributed by atoms with E-state index in [9.17, 15) is 0 Å². The highest BCUT2D eigenvalue weighted by atomic mass is 35.5. The van der Waals surface area contributed by atoms with E-state index in [-0.39, 0.29) is 5.41 Å². The molecule has 0 saturated heterocycles. The van der Waals surface area contributed by atoms with Crippen LogP contribution in [0.2, 0.25) is 5.02 Å². The third-order valence-electron chi connectivity index (χ3n) is 3.35. The van der Waals surface area contributed by atoms with Crippen molar-refractivity contribution in [1.82, 2.24) is 5.32 Å². The Kier molecular flexibility index (Phi) is 4.90. The molecule has 1 nitrogen and oxygen atoms in total. The van der Waals surface area contributed by atoms with Gasteiger partial charge in [0, 0.05) is 27.4 Å². The SMILES string of the molecule is C[C@H](NCc1ccc(C(C)(C)C)s1)c1ccc(Cl)cc1. The van der Waals surface area contributed by atoms with Crippen molar-refractivity contribution in [3.05, 3.63) is 56.7 Å². The van der Waals surface area contributed by atoms with E-state index in [1.165, 1.54) is 15.3 Å². The first kappa shape index (κ1) is 15.6. The van der Waals surface area contributed by atoms with Crippen LogP contribution in [0.25, 0.3) is 0 Å². The van der Waals surface area contributed by atoms with Crippen molar-refractivity contribution in [2.45, 2.75) is 45.7 Å². The first-order valence-electron chi connectivity index (χ1n) is 6.94. The maximum Gasteiger partial charge on any atom is 0.0406 e. The van der Waals surface area contributed by atoms with Gasteiger partial charge in [-0.05, 0) is 42.2 Å². The third-order valence-corrected chi connectivity index (χ3v) is 5.12. The van der Waals surface area contributed by atoms with Gasteiger partial charge in [-0.2, -0.15) is 0 Å². The predicted octanol–water partition coefficient (Wildman–Crippen LogP) is 5.55. The van der Waals surface area contributed by atoms with Crippen molar-refractivity contribution in [3.8, 4) is 0 Å². The summed E-state index contributed by atoms with van der Waals surface area (Å²) in [4.78, 5) is 2.82. The van der Waals surface area contributed by atoms with E-state index in [0.717, 1.165) is 11.6 Å². The molecule has 108 valence electrons. The van der Waals surface area contributed by atoms with Crippen molar-refractivity contribution in [2.75, 3.05) is 0 Å². The van der Waals surface area contributed by atoms with Crippen LogP contribution in [0.15, 0.2) is 36.4 Å². The summed E-state index contributed by atoms with van der Waals surface area (Å²) in [7, 11) is 0. The average Bonchev–Trinajstić information content (AvgIpc) is 2.85. The highest BCUT2D eigenvalue weighted by Gasteiger charge is 2.16. The number of halogens is 1. The van der Waals surface area contributed by atoms with Gasteiger partial charge in [-0.25, -0.2) is 0 Å². The molecule has 0 bridgehead atoms. The van der Waals surface area contributed by atoms with Gasteiger partial charge in [0.15, 0.2) is 0 Å². The van der Waals surface area contributed by atoms with Gasteiger partial charge >= 0.3 is 0 Å². The molecule has 2 aromatic rings. The second-order valence-corrected chi connectivity index (χ2v) is 7.77. The minimum Gasteiger partial charge on any atom is -0.305 e. The number of nitrogens with one attached hydrogen (secondary N) is 1. The topological polar surface area (TPSA) is 12.0 Å². The molecule has 20 heavy (non-hydrogen) atoms. The zero-order chi connectivity index (χ0) is 14.8. The summed E-state index contributed by atoms with van der Waals surface area (Å²) in [5.41, 5.74) is 1.51. The lowest BCUT2D eigenvalue weighted by atomic mass is 9.95. The molecule has 0 unspecified atom stereocenters. The minimum absolute atomic E-state index is 0.241. The Bertz CT molecular complexity index is 551. The fourth-order valence-electron chi connectivity index (χ4n) is 2.00. The molecule has 1 N–H and O–H groups in total. The molecular weight excluding hydrogens is 286 g/mol. The number of rotatable bonds is 4. The van der Waals surface area contributed by atoms with E-state index in [2.05, 4.69) is 57.3 Å². The highest BCUT2D eigenvalue weighted by molar-refractivity contribution is 7.12.